The number of hydrogen-bond donors (Lipinski definition) is 1. The number of sulfonamides is 1. The first-order valence-corrected chi connectivity index (χ1v) is 11.6. The molecule has 0 bridgehead atoms. The Hall–Kier alpha value is -1.55. The van der Waals surface area contributed by atoms with Gasteiger partial charge in [-0.2, -0.15) is 0 Å². The predicted molar refractivity (Wildman–Crippen MR) is 111 cm³/mol. The highest BCUT2D eigenvalue weighted by Gasteiger charge is 2.23. The van der Waals surface area contributed by atoms with Gasteiger partial charge in [0.1, 0.15) is 0 Å². The van der Waals surface area contributed by atoms with Crippen LogP contribution >= 0.6 is 22.9 Å². The van der Waals surface area contributed by atoms with Gasteiger partial charge in [-0.1, -0.05) is 41.9 Å². The number of hydrogen-bond acceptors (Lipinski definition) is 6. The first-order chi connectivity index (χ1) is 13.5. The van der Waals surface area contributed by atoms with Crippen LogP contribution in [0, 0.1) is 0 Å². The van der Waals surface area contributed by atoms with E-state index in [1.807, 2.05) is 18.2 Å². The van der Waals surface area contributed by atoms with Crippen LogP contribution in [-0.4, -0.2) is 50.6 Å². The van der Waals surface area contributed by atoms with Crippen LogP contribution in [0.5, 0.6) is 0 Å². The maximum Gasteiger partial charge on any atom is 0.240 e. The van der Waals surface area contributed by atoms with Gasteiger partial charge in [-0.25, -0.2) is 18.1 Å². The monoisotopic (exact) mass is 437 g/mol. The van der Waals surface area contributed by atoms with Gasteiger partial charge in [0.05, 0.1) is 27.8 Å². The van der Waals surface area contributed by atoms with Crippen molar-refractivity contribution in [3.63, 3.8) is 0 Å². The summed E-state index contributed by atoms with van der Waals surface area (Å²) >= 11 is 7.17. The van der Waals surface area contributed by atoms with Crippen molar-refractivity contribution in [3.05, 3.63) is 58.6 Å². The number of nitrogens with zero attached hydrogens (tertiary/aromatic N) is 2. The molecule has 6 nitrogen and oxygen atoms in total. The average Bonchev–Trinajstić information content (AvgIpc) is 3.07. The number of halogens is 1. The van der Waals surface area contributed by atoms with Gasteiger partial charge in [-0.05, 0) is 23.8 Å². The molecule has 1 fully saturated rings. The number of fused-ring (bicyclic) bond motifs is 1. The minimum atomic E-state index is -3.63. The van der Waals surface area contributed by atoms with Crippen LogP contribution in [0.3, 0.4) is 0 Å². The minimum Gasteiger partial charge on any atom is -0.374 e. The van der Waals surface area contributed by atoms with Gasteiger partial charge in [0.2, 0.25) is 10.0 Å². The molecule has 4 rings (SSSR count). The van der Waals surface area contributed by atoms with Crippen molar-refractivity contribution in [2.45, 2.75) is 17.5 Å². The molecule has 0 saturated carbocycles. The van der Waals surface area contributed by atoms with Gasteiger partial charge >= 0.3 is 0 Å². The van der Waals surface area contributed by atoms with E-state index in [1.165, 1.54) is 16.9 Å². The minimum absolute atomic E-state index is 0.186. The Morgan fingerprint density at radius 3 is 2.89 bits per heavy atom. The standard InChI is InChI=1S/C19H20ClN3O3S2/c20-19-22-17-7-6-16(10-18(17)27-19)28(24,25)21-11-15-13-23(8-9-26-15)12-14-4-2-1-3-5-14/h1-7,10,15,21H,8-9,11-13H2. The summed E-state index contributed by atoms with van der Waals surface area (Å²) in [6.45, 7) is 3.16. The summed E-state index contributed by atoms with van der Waals surface area (Å²) in [5.41, 5.74) is 1.93. The van der Waals surface area contributed by atoms with Crippen LogP contribution in [0.15, 0.2) is 53.4 Å². The number of aromatic nitrogens is 1. The number of rotatable bonds is 6. The topological polar surface area (TPSA) is 71.5 Å². The van der Waals surface area contributed by atoms with Crippen LogP contribution in [0.2, 0.25) is 4.47 Å². The molecular formula is C19H20ClN3O3S2. The average molecular weight is 438 g/mol. The molecule has 148 valence electrons. The van der Waals surface area contributed by atoms with Crippen LogP contribution < -0.4 is 4.72 Å². The van der Waals surface area contributed by atoms with E-state index in [1.54, 1.807) is 18.2 Å². The Morgan fingerprint density at radius 2 is 2.07 bits per heavy atom. The van der Waals surface area contributed by atoms with Crippen molar-refractivity contribution >= 4 is 43.2 Å². The molecule has 1 aliphatic rings. The molecule has 9 heteroatoms. The Balaban J connectivity index is 1.38. The fraction of sp³-hybridized carbons (Fsp3) is 0.316. The van der Waals surface area contributed by atoms with E-state index in [-0.39, 0.29) is 17.5 Å². The second kappa shape index (κ2) is 8.44. The highest BCUT2D eigenvalue weighted by Crippen LogP contribution is 2.27. The van der Waals surface area contributed by atoms with E-state index in [0.717, 1.165) is 17.8 Å². The van der Waals surface area contributed by atoms with Crippen molar-refractivity contribution in [1.82, 2.24) is 14.6 Å². The zero-order chi connectivity index (χ0) is 19.6. The van der Waals surface area contributed by atoms with Gasteiger partial charge in [-0.15, -0.1) is 11.3 Å². The van der Waals surface area contributed by atoms with Gasteiger partial charge in [-0.3, -0.25) is 4.90 Å². The molecule has 1 saturated heterocycles. The summed E-state index contributed by atoms with van der Waals surface area (Å²) in [5, 5.41) is 0. The van der Waals surface area contributed by atoms with E-state index in [4.69, 9.17) is 16.3 Å². The van der Waals surface area contributed by atoms with E-state index < -0.39 is 10.0 Å². The number of benzene rings is 2. The molecule has 2 heterocycles. The third-order valence-corrected chi connectivity index (χ3v) is 7.16. The predicted octanol–water partition coefficient (Wildman–Crippen LogP) is 3.13. The molecule has 28 heavy (non-hydrogen) atoms. The lowest BCUT2D eigenvalue weighted by Gasteiger charge is -2.33. The lowest BCUT2D eigenvalue weighted by Crippen LogP contribution is -2.47. The number of ether oxygens (including phenoxy) is 1. The van der Waals surface area contributed by atoms with E-state index >= 15 is 0 Å². The Morgan fingerprint density at radius 1 is 1.25 bits per heavy atom. The summed E-state index contributed by atoms with van der Waals surface area (Å²) in [6, 6.07) is 15.0. The number of thiazole rings is 1. The lowest BCUT2D eigenvalue weighted by molar-refractivity contribution is -0.0276. The van der Waals surface area contributed by atoms with Crippen molar-refractivity contribution in [2.75, 3.05) is 26.2 Å². The molecule has 1 atom stereocenters. The summed E-state index contributed by atoms with van der Waals surface area (Å²) in [6.07, 6.45) is -0.186. The highest BCUT2D eigenvalue weighted by atomic mass is 35.5. The van der Waals surface area contributed by atoms with Gasteiger partial charge < -0.3 is 4.74 Å². The highest BCUT2D eigenvalue weighted by molar-refractivity contribution is 7.89. The van der Waals surface area contributed by atoms with E-state index in [2.05, 4.69) is 26.7 Å². The molecule has 1 unspecified atom stereocenters. The maximum absolute atomic E-state index is 12.7. The normalized spacial score (nSPS) is 18.5. The third kappa shape index (κ3) is 4.71. The molecule has 0 aliphatic carbocycles. The Kier molecular flexibility index (Phi) is 5.96. The van der Waals surface area contributed by atoms with Crippen LogP contribution in [0.1, 0.15) is 5.56 Å². The van der Waals surface area contributed by atoms with E-state index in [0.29, 0.717) is 23.1 Å². The fourth-order valence-electron chi connectivity index (χ4n) is 3.22. The Labute approximate surface area is 173 Å². The Bertz CT molecular complexity index is 1060. The largest absolute Gasteiger partial charge is 0.374 e. The molecule has 0 radical (unpaired) electrons. The van der Waals surface area contributed by atoms with Crippen molar-refractivity contribution in [3.8, 4) is 0 Å². The van der Waals surface area contributed by atoms with Crippen molar-refractivity contribution in [2.24, 2.45) is 0 Å². The summed E-state index contributed by atoms with van der Waals surface area (Å²) < 4.78 is 34.9. The molecule has 1 aromatic heterocycles. The first-order valence-electron chi connectivity index (χ1n) is 8.93. The molecular weight excluding hydrogens is 418 g/mol. The van der Waals surface area contributed by atoms with Crippen LogP contribution in [0.4, 0.5) is 0 Å². The fourth-order valence-corrected chi connectivity index (χ4v) is 5.46. The van der Waals surface area contributed by atoms with Gasteiger partial charge in [0, 0.05) is 26.2 Å². The summed E-state index contributed by atoms with van der Waals surface area (Å²) in [7, 11) is -3.63. The number of morpholine rings is 1. The molecule has 3 aromatic rings. The molecule has 0 amide bonds. The van der Waals surface area contributed by atoms with Crippen LogP contribution in [0.25, 0.3) is 10.2 Å². The van der Waals surface area contributed by atoms with Crippen LogP contribution in [-0.2, 0) is 21.3 Å². The second-order valence-corrected chi connectivity index (χ2v) is 10.0. The smallest absolute Gasteiger partial charge is 0.240 e. The van der Waals surface area contributed by atoms with Crippen molar-refractivity contribution < 1.29 is 13.2 Å². The maximum atomic E-state index is 12.7. The quantitative estimate of drug-likeness (QED) is 0.641. The van der Waals surface area contributed by atoms with Gasteiger partial charge in [0.25, 0.3) is 0 Å². The molecule has 1 N–H and O–H groups in total. The number of nitrogens with one attached hydrogen (secondary N) is 1. The summed E-state index contributed by atoms with van der Waals surface area (Å²) in [4.78, 5) is 6.63. The second-order valence-electron chi connectivity index (χ2n) is 6.66. The first kappa shape index (κ1) is 19.8. The lowest BCUT2D eigenvalue weighted by atomic mass is 10.2. The molecule has 2 aromatic carbocycles. The zero-order valence-corrected chi connectivity index (χ0v) is 17.4. The third-order valence-electron chi connectivity index (χ3n) is 4.62. The van der Waals surface area contributed by atoms with Crippen molar-refractivity contribution in [1.29, 1.82) is 0 Å². The molecule has 0 spiro atoms. The molecule has 1 aliphatic heterocycles. The summed E-state index contributed by atoms with van der Waals surface area (Å²) in [5.74, 6) is 0. The zero-order valence-electron chi connectivity index (χ0n) is 15.0. The van der Waals surface area contributed by atoms with Gasteiger partial charge in [0.15, 0.2) is 4.47 Å². The SMILES string of the molecule is O=S(=O)(NCC1CN(Cc2ccccc2)CCO1)c1ccc2nc(Cl)sc2c1. The van der Waals surface area contributed by atoms with E-state index in [9.17, 15) is 8.42 Å².